The number of hydrogen-bond donors (Lipinski definition) is 0. The van der Waals surface area contributed by atoms with Crippen LogP contribution in [0.1, 0.15) is 0 Å². The lowest BCUT2D eigenvalue weighted by Crippen LogP contribution is -2.04. The molecule has 0 atom stereocenters. The predicted molar refractivity (Wildman–Crippen MR) is 109 cm³/mol. The molecule has 0 N–H and O–H groups in total. The standard InChI is InChI=1S/C24H14S/c1-14-15-6-2-3-7-17(15)19-12-13-22-24-20(11-10-16(14)23(19)24)18-8-4-5-9-21(18)25-22/h2-13H,1H2. The maximum atomic E-state index is 4.42. The Bertz CT molecular complexity index is 1380. The highest BCUT2D eigenvalue weighted by atomic mass is 32.2. The molecule has 0 bridgehead atoms. The summed E-state index contributed by atoms with van der Waals surface area (Å²) in [5.41, 5.74) is 2.69. The van der Waals surface area contributed by atoms with Gasteiger partial charge < -0.3 is 0 Å². The fourth-order valence-electron chi connectivity index (χ4n) is 4.27. The van der Waals surface area contributed by atoms with Gasteiger partial charge in [0, 0.05) is 15.2 Å². The topological polar surface area (TPSA) is 0 Å². The minimum absolute atomic E-state index is 1.13. The van der Waals surface area contributed by atoms with E-state index in [0.717, 1.165) is 5.22 Å². The summed E-state index contributed by atoms with van der Waals surface area (Å²) in [5, 5.41) is 9.04. The van der Waals surface area contributed by atoms with Crippen LogP contribution in [0.15, 0.2) is 82.6 Å². The van der Waals surface area contributed by atoms with Gasteiger partial charge in [0.1, 0.15) is 0 Å². The molecule has 0 saturated heterocycles. The second-order valence-corrected chi connectivity index (χ2v) is 7.73. The molecule has 25 heavy (non-hydrogen) atoms. The van der Waals surface area contributed by atoms with E-state index in [2.05, 4.69) is 79.4 Å². The van der Waals surface area contributed by atoms with Crippen molar-refractivity contribution in [2.75, 3.05) is 0 Å². The normalized spacial score (nSPS) is 12.8. The van der Waals surface area contributed by atoms with Crippen molar-refractivity contribution in [2.24, 2.45) is 0 Å². The molecule has 5 aromatic carbocycles. The first-order chi connectivity index (χ1) is 12.3. The Hall–Kier alpha value is -2.77. The van der Waals surface area contributed by atoms with Crippen LogP contribution in [-0.4, -0.2) is 0 Å². The molecule has 1 heterocycles. The van der Waals surface area contributed by atoms with Crippen LogP contribution in [0.25, 0.3) is 50.0 Å². The average Bonchev–Trinajstić information content (AvgIpc) is 2.67. The first-order valence-corrected chi connectivity index (χ1v) is 9.30. The fourth-order valence-corrected chi connectivity index (χ4v) is 5.39. The van der Waals surface area contributed by atoms with Crippen LogP contribution in [0, 0.1) is 0 Å². The monoisotopic (exact) mass is 334 g/mol. The predicted octanol–water partition coefficient (Wildman–Crippen LogP) is 6.41. The summed E-state index contributed by atoms with van der Waals surface area (Å²) in [6.45, 7) is 4.42. The average molecular weight is 334 g/mol. The van der Waals surface area contributed by atoms with E-state index in [1.807, 2.05) is 11.8 Å². The van der Waals surface area contributed by atoms with E-state index in [1.165, 1.54) is 53.2 Å². The van der Waals surface area contributed by atoms with Gasteiger partial charge in [0.15, 0.2) is 0 Å². The van der Waals surface area contributed by atoms with E-state index in [1.54, 1.807) is 0 Å². The van der Waals surface area contributed by atoms with Crippen LogP contribution >= 0.6 is 11.8 Å². The van der Waals surface area contributed by atoms with Gasteiger partial charge in [0.05, 0.1) is 0 Å². The van der Waals surface area contributed by atoms with E-state index in [9.17, 15) is 0 Å². The van der Waals surface area contributed by atoms with Crippen LogP contribution in [0.2, 0.25) is 0 Å². The van der Waals surface area contributed by atoms with E-state index >= 15 is 0 Å². The third-order valence-corrected chi connectivity index (χ3v) is 6.52. The summed E-state index contributed by atoms with van der Waals surface area (Å²) < 4.78 is 0. The summed E-state index contributed by atoms with van der Waals surface area (Å²) in [6, 6.07) is 26.5. The molecule has 1 aliphatic rings. The van der Waals surface area contributed by atoms with Gasteiger partial charge >= 0.3 is 0 Å². The number of benzene rings is 5. The first kappa shape index (κ1) is 13.5. The molecule has 0 nitrogen and oxygen atoms in total. The molecule has 0 aromatic heterocycles. The first-order valence-electron chi connectivity index (χ1n) is 8.49. The third kappa shape index (κ3) is 1.64. The van der Waals surface area contributed by atoms with Crippen molar-refractivity contribution in [1.29, 1.82) is 0 Å². The summed E-state index contributed by atoms with van der Waals surface area (Å²) in [6.07, 6.45) is 0. The number of hydrogen-bond acceptors (Lipinski definition) is 1. The molecule has 6 rings (SSSR count). The molecule has 0 unspecified atom stereocenters. The van der Waals surface area contributed by atoms with Gasteiger partial charge in [0.2, 0.25) is 0 Å². The Morgan fingerprint density at radius 2 is 1.28 bits per heavy atom. The molecular weight excluding hydrogens is 320 g/mol. The fraction of sp³-hybridized carbons (Fsp3) is 0. The zero-order valence-corrected chi connectivity index (χ0v) is 14.4. The highest BCUT2D eigenvalue weighted by Crippen LogP contribution is 2.49. The quantitative estimate of drug-likeness (QED) is 0.228. The molecule has 0 fully saturated rings. The minimum atomic E-state index is 1.13. The van der Waals surface area contributed by atoms with Gasteiger partial charge in [-0.1, -0.05) is 79.0 Å². The molecule has 5 aromatic rings. The van der Waals surface area contributed by atoms with Crippen molar-refractivity contribution in [1.82, 2.24) is 0 Å². The van der Waals surface area contributed by atoms with Crippen LogP contribution < -0.4 is 5.22 Å². The van der Waals surface area contributed by atoms with Gasteiger partial charge in [-0.3, -0.25) is 0 Å². The zero-order valence-electron chi connectivity index (χ0n) is 13.5. The van der Waals surface area contributed by atoms with E-state index in [-0.39, 0.29) is 0 Å². The highest BCUT2D eigenvalue weighted by molar-refractivity contribution is 7.99. The maximum absolute atomic E-state index is 4.42. The highest BCUT2D eigenvalue weighted by Gasteiger charge is 2.21. The Morgan fingerprint density at radius 3 is 2.20 bits per heavy atom. The lowest BCUT2D eigenvalue weighted by atomic mass is 9.89. The molecular formula is C24H14S. The summed E-state index contributed by atoms with van der Waals surface area (Å²) in [7, 11) is 0. The van der Waals surface area contributed by atoms with E-state index in [4.69, 9.17) is 0 Å². The van der Waals surface area contributed by atoms with Crippen molar-refractivity contribution < 1.29 is 0 Å². The Balaban J connectivity index is 1.94. The van der Waals surface area contributed by atoms with Crippen LogP contribution in [0.5, 0.6) is 0 Å². The third-order valence-electron chi connectivity index (χ3n) is 5.39. The Kier molecular flexibility index (Phi) is 2.51. The Morgan fingerprint density at radius 1 is 0.520 bits per heavy atom. The molecule has 1 heteroatoms. The molecule has 1 aliphatic heterocycles. The molecule has 116 valence electrons. The van der Waals surface area contributed by atoms with Gasteiger partial charge in [-0.25, -0.2) is 0 Å². The molecule has 0 saturated carbocycles. The maximum Gasteiger partial charge on any atom is 0.0207 e. The Labute approximate surface area is 149 Å². The summed E-state index contributed by atoms with van der Waals surface area (Å²) in [5.74, 6) is 0. The van der Waals surface area contributed by atoms with E-state index in [0.29, 0.717) is 0 Å². The SMILES string of the molecule is C=c1c2ccccc2c2ccc3c4c(ccc1c42)-c1ccccc1S3. The number of fused-ring (bicyclic) bond motifs is 4. The summed E-state index contributed by atoms with van der Waals surface area (Å²) >= 11 is 1.88. The van der Waals surface area contributed by atoms with Gasteiger partial charge in [-0.15, -0.1) is 0 Å². The van der Waals surface area contributed by atoms with Crippen LogP contribution in [0.4, 0.5) is 0 Å². The second-order valence-electron chi connectivity index (χ2n) is 6.64. The minimum Gasteiger partial charge on any atom is -0.0905 e. The smallest absolute Gasteiger partial charge is 0.0207 e. The van der Waals surface area contributed by atoms with Crippen molar-refractivity contribution in [2.45, 2.75) is 9.79 Å². The number of rotatable bonds is 0. The van der Waals surface area contributed by atoms with Crippen LogP contribution in [0.3, 0.4) is 0 Å². The van der Waals surface area contributed by atoms with Crippen LogP contribution in [-0.2, 0) is 0 Å². The lowest BCUT2D eigenvalue weighted by molar-refractivity contribution is 1.40. The molecule has 0 spiro atoms. The van der Waals surface area contributed by atoms with Gasteiger partial charge in [0.25, 0.3) is 0 Å². The molecule has 0 radical (unpaired) electrons. The molecule has 0 amide bonds. The zero-order chi connectivity index (χ0) is 16.5. The van der Waals surface area contributed by atoms with Gasteiger partial charge in [-0.2, -0.15) is 0 Å². The van der Waals surface area contributed by atoms with Gasteiger partial charge in [-0.05, 0) is 55.4 Å². The van der Waals surface area contributed by atoms with Crippen molar-refractivity contribution in [3.8, 4) is 11.1 Å². The molecule has 0 aliphatic carbocycles. The van der Waals surface area contributed by atoms with Crippen molar-refractivity contribution in [3.05, 3.63) is 78.0 Å². The van der Waals surface area contributed by atoms with Crippen molar-refractivity contribution in [3.63, 3.8) is 0 Å². The second kappa shape index (κ2) is 4.65. The van der Waals surface area contributed by atoms with E-state index < -0.39 is 0 Å². The lowest BCUT2D eigenvalue weighted by Gasteiger charge is -2.22. The largest absolute Gasteiger partial charge is 0.0905 e. The summed E-state index contributed by atoms with van der Waals surface area (Å²) in [4.78, 5) is 2.69. The van der Waals surface area contributed by atoms with Crippen molar-refractivity contribution >= 4 is 50.7 Å².